The first-order chi connectivity index (χ1) is 7.77. The molecule has 0 saturated heterocycles. The van der Waals surface area contributed by atoms with Crippen molar-refractivity contribution >= 4 is 7.14 Å². The summed E-state index contributed by atoms with van der Waals surface area (Å²) < 4.78 is 13.2. The van der Waals surface area contributed by atoms with Crippen LogP contribution >= 0.6 is 7.14 Å². The largest absolute Gasteiger partial charge is 0.314 e. The quantitative estimate of drug-likeness (QED) is 0.611. The van der Waals surface area contributed by atoms with Gasteiger partial charge in [0, 0.05) is 6.16 Å². The minimum Gasteiger partial charge on any atom is -0.314 e. The van der Waals surface area contributed by atoms with Crippen LogP contribution in [0.2, 0.25) is 0 Å². The molecule has 0 aromatic heterocycles. The van der Waals surface area contributed by atoms with Crippen LogP contribution < -0.4 is 0 Å². The molecule has 2 heteroatoms. The van der Waals surface area contributed by atoms with Crippen LogP contribution in [0.1, 0.15) is 58.3 Å². The molecule has 2 aliphatic carbocycles. The highest BCUT2D eigenvalue weighted by atomic mass is 31.2. The van der Waals surface area contributed by atoms with Crippen molar-refractivity contribution in [1.82, 2.24) is 0 Å². The maximum absolute atomic E-state index is 13.2. The zero-order valence-electron chi connectivity index (χ0n) is 10.4. The predicted molar refractivity (Wildman–Crippen MR) is 71.2 cm³/mol. The second kappa shape index (κ2) is 5.36. The smallest absolute Gasteiger partial charge is 0.134 e. The van der Waals surface area contributed by atoms with E-state index < -0.39 is 7.14 Å². The summed E-state index contributed by atoms with van der Waals surface area (Å²) in [6.45, 7) is 2.10. The molecule has 0 heterocycles. The number of hydrogen-bond acceptors (Lipinski definition) is 1. The van der Waals surface area contributed by atoms with Crippen LogP contribution in [0.25, 0.3) is 0 Å². The van der Waals surface area contributed by atoms with Gasteiger partial charge in [0.25, 0.3) is 0 Å². The van der Waals surface area contributed by atoms with Crippen LogP contribution in [0.15, 0.2) is 22.8 Å². The van der Waals surface area contributed by atoms with Gasteiger partial charge in [-0.15, -0.1) is 0 Å². The highest BCUT2D eigenvalue weighted by molar-refractivity contribution is 7.72. The SMILES string of the molecule is CCP(=O)(C1=CCCCC1)C1=CCCCC1. The van der Waals surface area contributed by atoms with Crippen LogP contribution in [-0.4, -0.2) is 6.16 Å². The van der Waals surface area contributed by atoms with Crippen molar-refractivity contribution in [3.63, 3.8) is 0 Å². The Hall–Kier alpha value is -0.290. The summed E-state index contributed by atoms with van der Waals surface area (Å²) in [5, 5.41) is 2.60. The summed E-state index contributed by atoms with van der Waals surface area (Å²) in [5.74, 6) is 0. The molecule has 0 saturated carbocycles. The Bertz CT molecular complexity index is 322. The van der Waals surface area contributed by atoms with E-state index in [1.165, 1.54) is 36.3 Å². The minimum absolute atomic E-state index is 0.838. The van der Waals surface area contributed by atoms with Gasteiger partial charge in [0.2, 0.25) is 0 Å². The van der Waals surface area contributed by atoms with Gasteiger partial charge in [-0.05, 0) is 62.0 Å². The van der Waals surface area contributed by atoms with Gasteiger partial charge in [0.15, 0.2) is 0 Å². The van der Waals surface area contributed by atoms with E-state index >= 15 is 0 Å². The summed E-state index contributed by atoms with van der Waals surface area (Å²) in [5.41, 5.74) is 0. The van der Waals surface area contributed by atoms with E-state index in [1.807, 2.05) is 0 Å². The van der Waals surface area contributed by atoms with E-state index in [4.69, 9.17) is 0 Å². The summed E-state index contributed by atoms with van der Waals surface area (Å²) in [7, 11) is -2.13. The Kier molecular flexibility index (Phi) is 4.08. The molecule has 0 aliphatic heterocycles. The normalized spacial score (nSPS) is 22.6. The van der Waals surface area contributed by atoms with Gasteiger partial charge in [-0.1, -0.05) is 19.1 Å². The molecule has 0 aromatic rings. The van der Waals surface area contributed by atoms with Crippen molar-refractivity contribution in [1.29, 1.82) is 0 Å². The molecule has 0 N–H and O–H groups in total. The molecule has 2 rings (SSSR count). The molecule has 0 unspecified atom stereocenters. The van der Waals surface area contributed by atoms with Gasteiger partial charge in [-0.2, -0.15) is 0 Å². The van der Waals surface area contributed by atoms with Gasteiger partial charge in [0.05, 0.1) is 0 Å². The molecule has 0 fully saturated rings. The van der Waals surface area contributed by atoms with Gasteiger partial charge in [0.1, 0.15) is 7.14 Å². The van der Waals surface area contributed by atoms with E-state index in [0.717, 1.165) is 31.8 Å². The van der Waals surface area contributed by atoms with E-state index in [0.29, 0.717) is 0 Å². The molecular formula is C14H23OP. The molecule has 1 nitrogen and oxygen atoms in total. The molecule has 0 atom stereocenters. The summed E-state index contributed by atoms with van der Waals surface area (Å²) in [4.78, 5) is 0. The first-order valence-electron chi connectivity index (χ1n) is 6.75. The maximum atomic E-state index is 13.2. The first kappa shape index (κ1) is 12.2. The lowest BCUT2D eigenvalue weighted by Crippen LogP contribution is -2.01. The average molecular weight is 238 g/mol. The molecule has 0 amide bonds. The Morgan fingerprint density at radius 1 is 1.00 bits per heavy atom. The lowest BCUT2D eigenvalue weighted by Gasteiger charge is -2.27. The highest BCUT2D eigenvalue weighted by Crippen LogP contribution is 2.64. The van der Waals surface area contributed by atoms with Crippen LogP contribution in [0.4, 0.5) is 0 Å². The molecule has 2 aliphatic rings. The van der Waals surface area contributed by atoms with Crippen LogP contribution in [0.5, 0.6) is 0 Å². The Morgan fingerprint density at radius 3 is 1.81 bits per heavy atom. The third-order valence-corrected chi connectivity index (χ3v) is 7.47. The monoisotopic (exact) mass is 238 g/mol. The predicted octanol–water partition coefficient (Wildman–Crippen LogP) is 5.29. The van der Waals surface area contributed by atoms with Crippen molar-refractivity contribution < 1.29 is 4.57 Å². The van der Waals surface area contributed by atoms with Crippen molar-refractivity contribution in [3.8, 4) is 0 Å². The van der Waals surface area contributed by atoms with Crippen LogP contribution in [0.3, 0.4) is 0 Å². The third-order valence-electron chi connectivity index (χ3n) is 3.91. The molecule has 16 heavy (non-hydrogen) atoms. The third kappa shape index (κ3) is 2.35. The fourth-order valence-electron chi connectivity index (χ4n) is 2.89. The fourth-order valence-corrected chi connectivity index (χ4v) is 5.96. The topological polar surface area (TPSA) is 17.1 Å². The Balaban J connectivity index is 2.27. The van der Waals surface area contributed by atoms with Crippen molar-refractivity contribution in [2.45, 2.75) is 58.3 Å². The highest BCUT2D eigenvalue weighted by Gasteiger charge is 2.30. The molecule has 0 bridgehead atoms. The van der Waals surface area contributed by atoms with Crippen molar-refractivity contribution in [2.24, 2.45) is 0 Å². The van der Waals surface area contributed by atoms with Crippen LogP contribution in [0, 0.1) is 0 Å². The lowest BCUT2D eigenvalue weighted by atomic mass is 10.1. The molecule has 0 radical (unpaired) electrons. The minimum atomic E-state index is -2.13. The van der Waals surface area contributed by atoms with Crippen molar-refractivity contribution in [3.05, 3.63) is 22.8 Å². The van der Waals surface area contributed by atoms with Gasteiger partial charge < -0.3 is 4.57 Å². The first-order valence-corrected chi connectivity index (χ1v) is 8.65. The number of rotatable bonds is 3. The van der Waals surface area contributed by atoms with E-state index in [2.05, 4.69) is 19.1 Å². The number of hydrogen-bond donors (Lipinski definition) is 0. The van der Waals surface area contributed by atoms with E-state index in [9.17, 15) is 4.57 Å². The maximum Gasteiger partial charge on any atom is 0.134 e. The van der Waals surface area contributed by atoms with E-state index in [1.54, 1.807) is 0 Å². The Labute approximate surface area is 99.4 Å². The molecule has 0 aromatic carbocycles. The average Bonchev–Trinajstić information content (AvgIpc) is 2.40. The van der Waals surface area contributed by atoms with Gasteiger partial charge in [-0.25, -0.2) is 0 Å². The zero-order valence-corrected chi connectivity index (χ0v) is 11.3. The lowest BCUT2D eigenvalue weighted by molar-refractivity contribution is 0.575. The molecule has 0 spiro atoms. The zero-order chi connectivity index (χ0) is 11.4. The molecule has 90 valence electrons. The second-order valence-corrected chi connectivity index (χ2v) is 8.20. The van der Waals surface area contributed by atoms with Gasteiger partial charge in [-0.3, -0.25) is 0 Å². The fraction of sp³-hybridized carbons (Fsp3) is 0.714. The standard InChI is InChI=1S/C14H23OP/c1-2-16(15,13-9-5-3-6-10-13)14-11-7-4-8-12-14/h9,11H,2-8,10,12H2,1H3. The van der Waals surface area contributed by atoms with Gasteiger partial charge >= 0.3 is 0 Å². The number of allylic oxidation sites excluding steroid dienone is 4. The summed E-state index contributed by atoms with van der Waals surface area (Å²) >= 11 is 0. The van der Waals surface area contributed by atoms with Crippen LogP contribution in [-0.2, 0) is 4.57 Å². The van der Waals surface area contributed by atoms with E-state index in [-0.39, 0.29) is 0 Å². The van der Waals surface area contributed by atoms with Crippen molar-refractivity contribution in [2.75, 3.05) is 6.16 Å². The Morgan fingerprint density at radius 2 is 1.50 bits per heavy atom. The summed E-state index contributed by atoms with van der Waals surface area (Å²) in [6.07, 6.45) is 14.9. The molecular weight excluding hydrogens is 215 g/mol. The summed E-state index contributed by atoms with van der Waals surface area (Å²) in [6, 6.07) is 0. The second-order valence-electron chi connectivity index (χ2n) is 4.94.